The number of β-amino-alcohol motifs (C(OH)–C–C–N with tert-alkyl or cyclic N) is 1. The van der Waals surface area contributed by atoms with Gasteiger partial charge in [-0.05, 0) is 41.7 Å². The first-order chi connectivity index (χ1) is 10.2. The summed E-state index contributed by atoms with van der Waals surface area (Å²) in [5.74, 6) is -0.296. The van der Waals surface area contributed by atoms with Crippen LogP contribution in [0.5, 0.6) is 0 Å². The van der Waals surface area contributed by atoms with Crippen molar-refractivity contribution in [3.05, 3.63) is 71.0 Å². The van der Waals surface area contributed by atoms with Crippen molar-refractivity contribution in [2.75, 3.05) is 19.6 Å². The molecule has 2 aromatic carbocycles. The molecule has 0 saturated carbocycles. The second-order valence-corrected chi connectivity index (χ2v) is 5.64. The van der Waals surface area contributed by atoms with Gasteiger partial charge in [-0.25, -0.2) is 4.39 Å². The van der Waals surface area contributed by atoms with E-state index in [0.29, 0.717) is 12.1 Å². The van der Waals surface area contributed by atoms with Crippen molar-refractivity contribution in [2.45, 2.75) is 18.9 Å². The topological polar surface area (TPSA) is 23.5 Å². The molecule has 1 aliphatic heterocycles. The van der Waals surface area contributed by atoms with Crippen LogP contribution in [0.2, 0.25) is 0 Å². The van der Waals surface area contributed by atoms with E-state index >= 15 is 0 Å². The van der Waals surface area contributed by atoms with Crippen LogP contribution in [-0.2, 0) is 12.8 Å². The smallest absolute Gasteiger partial charge is 0.123 e. The maximum Gasteiger partial charge on any atom is 0.123 e. The van der Waals surface area contributed by atoms with Gasteiger partial charge in [-0.2, -0.15) is 0 Å². The van der Waals surface area contributed by atoms with Crippen molar-refractivity contribution < 1.29 is 9.50 Å². The molecule has 3 heteroatoms. The lowest BCUT2D eigenvalue weighted by Crippen LogP contribution is -2.31. The molecule has 0 aliphatic carbocycles. The lowest BCUT2D eigenvalue weighted by molar-refractivity contribution is 0.115. The Morgan fingerprint density at radius 2 is 1.67 bits per heavy atom. The molecule has 0 fully saturated rings. The summed E-state index contributed by atoms with van der Waals surface area (Å²) in [5, 5.41) is 10.3. The quantitative estimate of drug-likeness (QED) is 0.937. The third kappa shape index (κ3) is 3.49. The molecular weight excluding hydrogens is 265 g/mol. The number of aliphatic hydroxyl groups is 1. The Hall–Kier alpha value is -1.71. The highest BCUT2D eigenvalue weighted by Crippen LogP contribution is 2.19. The molecule has 1 atom stereocenters. The Labute approximate surface area is 124 Å². The summed E-state index contributed by atoms with van der Waals surface area (Å²) in [7, 11) is 0. The molecule has 3 rings (SSSR count). The average Bonchev–Trinajstić information content (AvgIpc) is 2.70. The summed E-state index contributed by atoms with van der Waals surface area (Å²) >= 11 is 0. The molecular formula is C18H20FNO. The predicted molar refractivity (Wildman–Crippen MR) is 81.6 cm³/mol. The largest absolute Gasteiger partial charge is 0.387 e. The van der Waals surface area contributed by atoms with Gasteiger partial charge in [0, 0.05) is 19.6 Å². The second-order valence-electron chi connectivity index (χ2n) is 5.64. The van der Waals surface area contributed by atoms with Gasteiger partial charge < -0.3 is 5.11 Å². The van der Waals surface area contributed by atoms with E-state index in [1.165, 1.54) is 23.3 Å². The van der Waals surface area contributed by atoms with Crippen LogP contribution in [0.15, 0.2) is 48.5 Å². The first-order valence-electron chi connectivity index (χ1n) is 7.45. The number of aliphatic hydroxyl groups excluding tert-OH is 1. The van der Waals surface area contributed by atoms with Gasteiger partial charge in [0.05, 0.1) is 6.10 Å². The van der Waals surface area contributed by atoms with E-state index in [-0.39, 0.29) is 5.82 Å². The summed E-state index contributed by atoms with van der Waals surface area (Å²) in [4.78, 5) is 2.26. The van der Waals surface area contributed by atoms with Crippen LogP contribution in [0.1, 0.15) is 22.8 Å². The Morgan fingerprint density at radius 3 is 2.29 bits per heavy atom. The molecule has 2 aromatic rings. The first kappa shape index (κ1) is 14.2. The van der Waals surface area contributed by atoms with Crippen LogP contribution in [0.4, 0.5) is 4.39 Å². The van der Waals surface area contributed by atoms with Crippen molar-refractivity contribution in [1.82, 2.24) is 4.90 Å². The second kappa shape index (κ2) is 6.37. The highest BCUT2D eigenvalue weighted by molar-refractivity contribution is 5.28. The SMILES string of the molecule is OC(CN1CCc2ccccc2CC1)c1cccc(F)c1. The van der Waals surface area contributed by atoms with Crippen LogP contribution in [0.25, 0.3) is 0 Å². The maximum absolute atomic E-state index is 13.2. The summed E-state index contributed by atoms with van der Waals surface area (Å²) < 4.78 is 13.2. The summed E-state index contributed by atoms with van der Waals surface area (Å²) in [6, 6.07) is 14.8. The molecule has 2 nitrogen and oxygen atoms in total. The van der Waals surface area contributed by atoms with E-state index in [1.807, 2.05) is 0 Å². The Bertz CT molecular complexity index is 587. The lowest BCUT2D eigenvalue weighted by atomic mass is 10.0. The van der Waals surface area contributed by atoms with Crippen molar-refractivity contribution in [3.8, 4) is 0 Å². The first-order valence-corrected chi connectivity index (χ1v) is 7.45. The highest BCUT2D eigenvalue weighted by Gasteiger charge is 2.17. The van der Waals surface area contributed by atoms with Gasteiger partial charge in [-0.15, -0.1) is 0 Å². The molecule has 0 radical (unpaired) electrons. The van der Waals surface area contributed by atoms with Gasteiger partial charge in [-0.3, -0.25) is 4.90 Å². The van der Waals surface area contributed by atoms with Crippen LogP contribution in [0, 0.1) is 5.82 Å². The van der Waals surface area contributed by atoms with Crippen LogP contribution in [-0.4, -0.2) is 29.6 Å². The molecule has 0 spiro atoms. The molecule has 1 heterocycles. The van der Waals surface area contributed by atoms with E-state index in [0.717, 1.165) is 25.9 Å². The third-order valence-electron chi connectivity index (χ3n) is 4.18. The van der Waals surface area contributed by atoms with Gasteiger partial charge >= 0.3 is 0 Å². The van der Waals surface area contributed by atoms with Crippen LogP contribution < -0.4 is 0 Å². The Balaban J connectivity index is 1.64. The van der Waals surface area contributed by atoms with Gasteiger partial charge in [0.15, 0.2) is 0 Å². The molecule has 21 heavy (non-hydrogen) atoms. The normalized spacial score (nSPS) is 17.0. The molecule has 0 amide bonds. The van der Waals surface area contributed by atoms with Gasteiger partial charge in [0.2, 0.25) is 0 Å². The van der Waals surface area contributed by atoms with Gasteiger partial charge in [-0.1, -0.05) is 36.4 Å². The van der Waals surface area contributed by atoms with E-state index in [9.17, 15) is 9.50 Å². The fourth-order valence-corrected chi connectivity index (χ4v) is 2.96. The monoisotopic (exact) mass is 285 g/mol. The highest BCUT2D eigenvalue weighted by atomic mass is 19.1. The number of hydrogen-bond acceptors (Lipinski definition) is 2. The minimum Gasteiger partial charge on any atom is -0.387 e. The lowest BCUT2D eigenvalue weighted by Gasteiger charge is -2.23. The fourth-order valence-electron chi connectivity index (χ4n) is 2.96. The van der Waals surface area contributed by atoms with Crippen molar-refractivity contribution in [1.29, 1.82) is 0 Å². The standard InChI is InChI=1S/C18H20FNO/c19-17-7-3-6-16(12-17)18(21)13-20-10-8-14-4-1-2-5-15(14)9-11-20/h1-7,12,18,21H,8-11,13H2. The summed E-state index contributed by atoms with van der Waals surface area (Å²) in [5.41, 5.74) is 3.46. The number of fused-ring (bicyclic) bond motifs is 1. The Kier molecular flexibility index (Phi) is 4.32. The minimum absolute atomic E-state index is 0.296. The van der Waals surface area contributed by atoms with Crippen molar-refractivity contribution >= 4 is 0 Å². The average molecular weight is 285 g/mol. The van der Waals surface area contributed by atoms with Crippen molar-refractivity contribution in [3.63, 3.8) is 0 Å². The van der Waals surface area contributed by atoms with E-state index in [2.05, 4.69) is 29.2 Å². The van der Waals surface area contributed by atoms with Crippen molar-refractivity contribution in [2.24, 2.45) is 0 Å². The zero-order chi connectivity index (χ0) is 14.7. The molecule has 110 valence electrons. The molecule has 0 bridgehead atoms. The summed E-state index contributed by atoms with van der Waals surface area (Å²) in [6.45, 7) is 2.42. The number of rotatable bonds is 3. The maximum atomic E-state index is 13.2. The zero-order valence-electron chi connectivity index (χ0n) is 12.0. The van der Waals surface area contributed by atoms with E-state index in [1.54, 1.807) is 12.1 Å². The van der Waals surface area contributed by atoms with Crippen LogP contribution in [0.3, 0.4) is 0 Å². The van der Waals surface area contributed by atoms with Gasteiger partial charge in [0.1, 0.15) is 5.82 Å². The number of benzene rings is 2. The Morgan fingerprint density at radius 1 is 1.00 bits per heavy atom. The molecule has 1 unspecified atom stereocenters. The van der Waals surface area contributed by atoms with Gasteiger partial charge in [0.25, 0.3) is 0 Å². The minimum atomic E-state index is -0.637. The molecule has 1 N–H and O–H groups in total. The van der Waals surface area contributed by atoms with E-state index in [4.69, 9.17) is 0 Å². The number of nitrogens with zero attached hydrogens (tertiary/aromatic N) is 1. The molecule has 1 aliphatic rings. The zero-order valence-corrected chi connectivity index (χ0v) is 12.0. The third-order valence-corrected chi connectivity index (χ3v) is 4.18. The molecule has 0 aromatic heterocycles. The van der Waals surface area contributed by atoms with E-state index < -0.39 is 6.10 Å². The van der Waals surface area contributed by atoms with Crippen LogP contribution >= 0.6 is 0 Å². The predicted octanol–water partition coefficient (Wildman–Crippen LogP) is 2.96. The summed E-state index contributed by atoms with van der Waals surface area (Å²) in [6.07, 6.45) is 1.37. The number of halogens is 1. The number of hydrogen-bond donors (Lipinski definition) is 1. The molecule has 0 saturated heterocycles. The fraction of sp³-hybridized carbons (Fsp3) is 0.333.